The van der Waals surface area contributed by atoms with Crippen molar-refractivity contribution in [2.75, 3.05) is 19.6 Å². The molecule has 1 aromatic rings. The number of rotatable bonds is 17. The van der Waals surface area contributed by atoms with Crippen LogP contribution in [0.25, 0.3) is 0 Å². The zero-order chi connectivity index (χ0) is 17.1. The molecular formula is C22H40N2. The number of hydrogen-bond donors (Lipinski definition) is 2. The normalized spacial score (nSPS) is 11.0. The van der Waals surface area contributed by atoms with E-state index in [1.807, 2.05) is 0 Å². The van der Waals surface area contributed by atoms with Gasteiger partial charge in [0, 0.05) is 6.54 Å². The summed E-state index contributed by atoms with van der Waals surface area (Å²) < 4.78 is 0. The largest absolute Gasteiger partial charge is 0.317 e. The molecule has 0 aliphatic heterocycles. The minimum atomic E-state index is 0.985. The van der Waals surface area contributed by atoms with E-state index in [0.29, 0.717) is 0 Å². The highest BCUT2D eigenvalue weighted by Gasteiger charge is 1.94. The van der Waals surface area contributed by atoms with Crippen molar-refractivity contribution >= 4 is 0 Å². The second kappa shape index (κ2) is 17.0. The standard InChI is InChI=1S/C22H40N2/c1-2-3-4-5-6-7-8-9-10-14-18-23-19-15-20-24-21-22-16-12-11-13-17-22/h11-13,16-17,23-24H,2-10,14-15,18-21H2,1H3. The zero-order valence-electron chi connectivity index (χ0n) is 16.0. The Morgan fingerprint density at radius 1 is 0.583 bits per heavy atom. The van der Waals surface area contributed by atoms with Gasteiger partial charge >= 0.3 is 0 Å². The third-order valence-corrected chi connectivity index (χ3v) is 4.59. The van der Waals surface area contributed by atoms with Crippen LogP contribution in [0.1, 0.15) is 83.1 Å². The molecule has 0 atom stereocenters. The van der Waals surface area contributed by atoms with E-state index < -0.39 is 0 Å². The van der Waals surface area contributed by atoms with Gasteiger partial charge in [-0.05, 0) is 38.0 Å². The van der Waals surface area contributed by atoms with Crippen molar-refractivity contribution in [2.24, 2.45) is 0 Å². The van der Waals surface area contributed by atoms with Gasteiger partial charge in [-0.1, -0.05) is 95.0 Å². The Morgan fingerprint density at radius 2 is 1.12 bits per heavy atom. The van der Waals surface area contributed by atoms with Gasteiger partial charge in [0.05, 0.1) is 0 Å². The number of unbranched alkanes of at least 4 members (excludes halogenated alkanes) is 9. The van der Waals surface area contributed by atoms with Crippen LogP contribution < -0.4 is 10.6 Å². The van der Waals surface area contributed by atoms with E-state index in [1.165, 1.54) is 82.7 Å². The highest BCUT2D eigenvalue weighted by molar-refractivity contribution is 5.14. The first-order chi connectivity index (χ1) is 11.9. The van der Waals surface area contributed by atoms with Crippen molar-refractivity contribution in [2.45, 2.75) is 84.1 Å². The monoisotopic (exact) mass is 332 g/mol. The van der Waals surface area contributed by atoms with E-state index in [1.54, 1.807) is 0 Å². The predicted molar refractivity (Wildman–Crippen MR) is 107 cm³/mol. The van der Waals surface area contributed by atoms with Gasteiger partial charge in [0.2, 0.25) is 0 Å². The SMILES string of the molecule is CCCCCCCCCCCCNCCCNCc1ccccc1. The molecule has 0 spiro atoms. The van der Waals surface area contributed by atoms with Gasteiger partial charge in [-0.25, -0.2) is 0 Å². The summed E-state index contributed by atoms with van der Waals surface area (Å²) in [6.45, 7) is 6.70. The van der Waals surface area contributed by atoms with Crippen LogP contribution >= 0.6 is 0 Å². The van der Waals surface area contributed by atoms with Gasteiger partial charge in [-0.3, -0.25) is 0 Å². The summed E-state index contributed by atoms with van der Waals surface area (Å²) in [5.74, 6) is 0. The van der Waals surface area contributed by atoms with Crippen LogP contribution in [0.5, 0.6) is 0 Å². The molecule has 0 aliphatic carbocycles. The van der Waals surface area contributed by atoms with Gasteiger partial charge in [-0.15, -0.1) is 0 Å². The van der Waals surface area contributed by atoms with Crippen LogP contribution in [-0.2, 0) is 6.54 Å². The number of benzene rings is 1. The average Bonchev–Trinajstić information content (AvgIpc) is 2.62. The Morgan fingerprint density at radius 3 is 1.79 bits per heavy atom. The number of nitrogens with one attached hydrogen (secondary N) is 2. The van der Waals surface area contributed by atoms with Crippen molar-refractivity contribution in [3.63, 3.8) is 0 Å². The first-order valence-corrected chi connectivity index (χ1v) is 10.4. The molecule has 0 saturated heterocycles. The molecule has 0 aromatic heterocycles. The summed E-state index contributed by atoms with van der Waals surface area (Å²) in [4.78, 5) is 0. The lowest BCUT2D eigenvalue weighted by Gasteiger charge is -2.07. The Kier molecular flexibility index (Phi) is 15.0. The van der Waals surface area contributed by atoms with Gasteiger partial charge in [0.15, 0.2) is 0 Å². The fraction of sp³-hybridized carbons (Fsp3) is 0.727. The maximum atomic E-state index is 3.57. The third kappa shape index (κ3) is 13.6. The summed E-state index contributed by atoms with van der Waals surface area (Å²) in [5.41, 5.74) is 1.37. The third-order valence-electron chi connectivity index (χ3n) is 4.59. The molecule has 24 heavy (non-hydrogen) atoms. The van der Waals surface area contributed by atoms with Crippen molar-refractivity contribution < 1.29 is 0 Å². The second-order valence-electron chi connectivity index (χ2n) is 6.95. The van der Waals surface area contributed by atoms with Gasteiger partial charge in [0.1, 0.15) is 0 Å². The summed E-state index contributed by atoms with van der Waals surface area (Å²) in [6.07, 6.45) is 15.4. The van der Waals surface area contributed by atoms with Gasteiger partial charge in [-0.2, -0.15) is 0 Å². The van der Waals surface area contributed by atoms with E-state index in [0.717, 1.165) is 19.6 Å². The average molecular weight is 333 g/mol. The Balaban J connectivity index is 1.70. The van der Waals surface area contributed by atoms with Crippen LogP contribution in [-0.4, -0.2) is 19.6 Å². The van der Waals surface area contributed by atoms with Crippen LogP contribution in [0, 0.1) is 0 Å². The lowest BCUT2D eigenvalue weighted by Crippen LogP contribution is -2.22. The maximum absolute atomic E-state index is 3.57. The fourth-order valence-corrected chi connectivity index (χ4v) is 3.03. The molecule has 0 aliphatic rings. The van der Waals surface area contributed by atoms with Gasteiger partial charge < -0.3 is 10.6 Å². The summed E-state index contributed by atoms with van der Waals surface area (Å²) in [7, 11) is 0. The van der Waals surface area contributed by atoms with Crippen molar-refractivity contribution in [1.29, 1.82) is 0 Å². The lowest BCUT2D eigenvalue weighted by atomic mass is 10.1. The van der Waals surface area contributed by atoms with Crippen molar-refractivity contribution in [3.8, 4) is 0 Å². The highest BCUT2D eigenvalue weighted by Crippen LogP contribution is 2.10. The molecule has 0 bridgehead atoms. The van der Waals surface area contributed by atoms with E-state index in [-0.39, 0.29) is 0 Å². The molecule has 0 amide bonds. The Hall–Kier alpha value is -0.860. The molecule has 0 radical (unpaired) electrons. The van der Waals surface area contributed by atoms with Gasteiger partial charge in [0.25, 0.3) is 0 Å². The molecule has 2 nitrogen and oxygen atoms in total. The molecule has 138 valence electrons. The van der Waals surface area contributed by atoms with E-state index in [2.05, 4.69) is 47.9 Å². The molecule has 1 rings (SSSR count). The predicted octanol–water partition coefficient (Wildman–Crippen LogP) is 5.68. The van der Waals surface area contributed by atoms with E-state index >= 15 is 0 Å². The van der Waals surface area contributed by atoms with Crippen LogP contribution in [0.15, 0.2) is 30.3 Å². The fourth-order valence-electron chi connectivity index (χ4n) is 3.03. The molecule has 1 aromatic carbocycles. The van der Waals surface area contributed by atoms with Crippen LogP contribution in [0.2, 0.25) is 0 Å². The molecule has 0 heterocycles. The number of hydrogen-bond acceptors (Lipinski definition) is 2. The molecule has 0 unspecified atom stereocenters. The lowest BCUT2D eigenvalue weighted by molar-refractivity contribution is 0.536. The van der Waals surface area contributed by atoms with E-state index in [4.69, 9.17) is 0 Å². The smallest absolute Gasteiger partial charge is 0.0205 e. The quantitative estimate of drug-likeness (QED) is 0.359. The molecular weight excluding hydrogens is 292 g/mol. The minimum Gasteiger partial charge on any atom is -0.317 e. The molecule has 2 N–H and O–H groups in total. The Labute approximate surface area is 150 Å². The minimum absolute atomic E-state index is 0.985. The highest BCUT2D eigenvalue weighted by atomic mass is 14.9. The summed E-state index contributed by atoms with van der Waals surface area (Å²) >= 11 is 0. The van der Waals surface area contributed by atoms with E-state index in [9.17, 15) is 0 Å². The van der Waals surface area contributed by atoms with Crippen molar-refractivity contribution in [1.82, 2.24) is 10.6 Å². The Bertz CT molecular complexity index is 350. The maximum Gasteiger partial charge on any atom is 0.0205 e. The first kappa shape index (κ1) is 21.2. The summed E-state index contributed by atoms with van der Waals surface area (Å²) in [6, 6.07) is 10.6. The second-order valence-corrected chi connectivity index (χ2v) is 6.95. The molecule has 0 saturated carbocycles. The zero-order valence-corrected chi connectivity index (χ0v) is 16.0. The van der Waals surface area contributed by atoms with Crippen molar-refractivity contribution in [3.05, 3.63) is 35.9 Å². The van der Waals surface area contributed by atoms with Crippen LogP contribution in [0.3, 0.4) is 0 Å². The van der Waals surface area contributed by atoms with Crippen LogP contribution in [0.4, 0.5) is 0 Å². The topological polar surface area (TPSA) is 24.1 Å². The first-order valence-electron chi connectivity index (χ1n) is 10.4. The summed E-state index contributed by atoms with van der Waals surface area (Å²) in [5, 5.41) is 7.07. The molecule has 2 heteroatoms. The molecule has 0 fully saturated rings.